The lowest BCUT2D eigenvalue weighted by molar-refractivity contribution is 0.0699. The van der Waals surface area contributed by atoms with E-state index in [1.807, 2.05) is 6.07 Å². The SMILES string of the molecule is N#Cc1cc2c(nc1NCC1CCOCC1)CCCC2. The number of hydrogen-bond acceptors (Lipinski definition) is 4. The minimum atomic E-state index is 0.633. The minimum Gasteiger partial charge on any atom is -0.381 e. The van der Waals surface area contributed by atoms with Crippen LogP contribution < -0.4 is 5.32 Å². The normalized spacial score (nSPS) is 19.1. The zero-order valence-electron chi connectivity index (χ0n) is 11.8. The second-order valence-electron chi connectivity index (χ2n) is 5.75. The van der Waals surface area contributed by atoms with Crippen molar-refractivity contribution >= 4 is 5.82 Å². The van der Waals surface area contributed by atoms with Gasteiger partial charge in [0.25, 0.3) is 0 Å². The van der Waals surface area contributed by atoms with Crippen LogP contribution in [0.2, 0.25) is 0 Å². The quantitative estimate of drug-likeness (QED) is 0.918. The van der Waals surface area contributed by atoms with E-state index < -0.39 is 0 Å². The number of aromatic nitrogens is 1. The molecule has 0 amide bonds. The van der Waals surface area contributed by atoms with Crippen LogP contribution in [0.4, 0.5) is 5.82 Å². The number of pyridine rings is 1. The summed E-state index contributed by atoms with van der Waals surface area (Å²) >= 11 is 0. The van der Waals surface area contributed by atoms with Crippen LogP contribution >= 0.6 is 0 Å². The highest BCUT2D eigenvalue weighted by Gasteiger charge is 2.17. The third-order valence-electron chi connectivity index (χ3n) is 4.32. The maximum atomic E-state index is 9.31. The molecule has 106 valence electrons. The first-order valence-electron chi connectivity index (χ1n) is 7.61. The predicted octanol–water partition coefficient (Wildman–Crippen LogP) is 2.67. The number of aryl methyl sites for hydroxylation is 2. The molecule has 0 bridgehead atoms. The van der Waals surface area contributed by atoms with Gasteiger partial charge in [-0.25, -0.2) is 4.98 Å². The average Bonchev–Trinajstić information content (AvgIpc) is 2.53. The van der Waals surface area contributed by atoms with E-state index in [0.717, 1.165) is 51.3 Å². The van der Waals surface area contributed by atoms with Gasteiger partial charge in [-0.15, -0.1) is 0 Å². The molecule has 1 N–H and O–H groups in total. The number of nitriles is 1. The number of ether oxygens (including phenoxy) is 1. The molecule has 4 nitrogen and oxygen atoms in total. The van der Waals surface area contributed by atoms with Crippen LogP contribution in [0, 0.1) is 17.2 Å². The Bertz CT molecular complexity index is 515. The van der Waals surface area contributed by atoms with Crippen molar-refractivity contribution in [2.75, 3.05) is 25.1 Å². The predicted molar refractivity (Wildman–Crippen MR) is 77.6 cm³/mol. The maximum absolute atomic E-state index is 9.31. The molecular formula is C16H21N3O. The van der Waals surface area contributed by atoms with Crippen molar-refractivity contribution in [3.05, 3.63) is 22.9 Å². The number of fused-ring (bicyclic) bond motifs is 1. The third kappa shape index (κ3) is 2.94. The molecule has 2 heterocycles. The van der Waals surface area contributed by atoms with E-state index >= 15 is 0 Å². The number of nitrogens with zero attached hydrogens (tertiary/aromatic N) is 2. The molecule has 0 unspecified atom stereocenters. The molecule has 1 aliphatic carbocycles. The number of hydrogen-bond donors (Lipinski definition) is 1. The summed E-state index contributed by atoms with van der Waals surface area (Å²) in [5, 5.41) is 12.7. The molecule has 0 atom stereocenters. The summed E-state index contributed by atoms with van der Waals surface area (Å²) in [4.78, 5) is 4.70. The molecule has 0 radical (unpaired) electrons. The monoisotopic (exact) mass is 271 g/mol. The van der Waals surface area contributed by atoms with E-state index in [1.54, 1.807) is 0 Å². The summed E-state index contributed by atoms with van der Waals surface area (Å²) in [6.45, 7) is 2.61. The Labute approximate surface area is 120 Å². The lowest BCUT2D eigenvalue weighted by atomic mass is 9.95. The molecular weight excluding hydrogens is 250 g/mol. The van der Waals surface area contributed by atoms with Crippen molar-refractivity contribution in [2.45, 2.75) is 38.5 Å². The first-order chi connectivity index (χ1) is 9.86. The van der Waals surface area contributed by atoms with Crippen LogP contribution in [-0.2, 0) is 17.6 Å². The van der Waals surface area contributed by atoms with Crippen molar-refractivity contribution in [1.29, 1.82) is 5.26 Å². The molecule has 1 aromatic heterocycles. The van der Waals surface area contributed by atoms with Gasteiger partial charge in [-0.1, -0.05) is 0 Å². The minimum absolute atomic E-state index is 0.633. The Balaban J connectivity index is 1.72. The smallest absolute Gasteiger partial charge is 0.144 e. The Morgan fingerprint density at radius 3 is 2.90 bits per heavy atom. The Morgan fingerprint density at radius 1 is 1.30 bits per heavy atom. The molecule has 3 rings (SSSR count). The lowest BCUT2D eigenvalue weighted by Crippen LogP contribution is -2.23. The van der Waals surface area contributed by atoms with Gasteiger partial charge in [0.2, 0.25) is 0 Å². The molecule has 20 heavy (non-hydrogen) atoms. The molecule has 1 aromatic rings. The molecule has 0 aromatic carbocycles. The summed E-state index contributed by atoms with van der Waals surface area (Å²) in [6.07, 6.45) is 6.74. The van der Waals surface area contributed by atoms with Gasteiger partial charge in [0.15, 0.2) is 0 Å². The van der Waals surface area contributed by atoms with Crippen molar-refractivity contribution in [2.24, 2.45) is 5.92 Å². The first kappa shape index (κ1) is 13.4. The van der Waals surface area contributed by atoms with Crippen LogP contribution in [0.1, 0.15) is 42.5 Å². The molecule has 0 saturated carbocycles. The molecule has 4 heteroatoms. The van der Waals surface area contributed by atoms with Gasteiger partial charge in [0, 0.05) is 25.5 Å². The Morgan fingerprint density at radius 2 is 2.10 bits per heavy atom. The fourth-order valence-corrected chi connectivity index (χ4v) is 3.05. The average molecular weight is 271 g/mol. The van der Waals surface area contributed by atoms with E-state index in [4.69, 9.17) is 9.72 Å². The van der Waals surface area contributed by atoms with Crippen molar-refractivity contribution < 1.29 is 4.74 Å². The highest BCUT2D eigenvalue weighted by Crippen LogP contribution is 2.25. The summed E-state index contributed by atoms with van der Waals surface area (Å²) in [6, 6.07) is 4.32. The van der Waals surface area contributed by atoms with E-state index in [2.05, 4.69) is 11.4 Å². The number of rotatable bonds is 3. The molecule has 0 spiro atoms. The van der Waals surface area contributed by atoms with E-state index in [0.29, 0.717) is 11.5 Å². The van der Waals surface area contributed by atoms with Gasteiger partial charge in [0.1, 0.15) is 11.9 Å². The molecule has 2 aliphatic rings. The number of nitrogens with one attached hydrogen (secondary N) is 1. The fourth-order valence-electron chi connectivity index (χ4n) is 3.05. The van der Waals surface area contributed by atoms with Gasteiger partial charge < -0.3 is 10.1 Å². The van der Waals surface area contributed by atoms with Gasteiger partial charge in [-0.05, 0) is 56.1 Å². The zero-order chi connectivity index (χ0) is 13.8. The van der Waals surface area contributed by atoms with E-state index in [-0.39, 0.29) is 0 Å². The van der Waals surface area contributed by atoms with Crippen LogP contribution in [0.25, 0.3) is 0 Å². The highest BCUT2D eigenvalue weighted by atomic mass is 16.5. The largest absolute Gasteiger partial charge is 0.381 e. The van der Waals surface area contributed by atoms with Gasteiger partial charge in [-0.2, -0.15) is 5.26 Å². The van der Waals surface area contributed by atoms with Crippen molar-refractivity contribution in [1.82, 2.24) is 4.98 Å². The Kier molecular flexibility index (Phi) is 4.17. The summed E-state index contributed by atoms with van der Waals surface area (Å²) < 4.78 is 5.38. The van der Waals surface area contributed by atoms with Crippen LogP contribution in [-0.4, -0.2) is 24.7 Å². The highest BCUT2D eigenvalue weighted by molar-refractivity contribution is 5.54. The summed E-state index contributed by atoms with van der Waals surface area (Å²) in [5.74, 6) is 1.41. The first-order valence-corrected chi connectivity index (χ1v) is 7.61. The van der Waals surface area contributed by atoms with Crippen LogP contribution in [0.5, 0.6) is 0 Å². The standard InChI is InChI=1S/C16H21N3O/c17-10-14-9-13-3-1-2-4-15(13)19-16(14)18-11-12-5-7-20-8-6-12/h9,12H,1-8,11H2,(H,18,19). The van der Waals surface area contributed by atoms with Gasteiger partial charge in [-0.3, -0.25) is 0 Å². The second kappa shape index (κ2) is 6.23. The molecule has 1 fully saturated rings. The number of anilines is 1. The zero-order valence-corrected chi connectivity index (χ0v) is 11.8. The van der Waals surface area contributed by atoms with Gasteiger partial charge >= 0.3 is 0 Å². The fraction of sp³-hybridized carbons (Fsp3) is 0.625. The van der Waals surface area contributed by atoms with E-state index in [1.165, 1.54) is 24.1 Å². The van der Waals surface area contributed by atoms with Crippen LogP contribution in [0.3, 0.4) is 0 Å². The second-order valence-corrected chi connectivity index (χ2v) is 5.75. The third-order valence-corrected chi connectivity index (χ3v) is 4.32. The topological polar surface area (TPSA) is 57.9 Å². The van der Waals surface area contributed by atoms with E-state index in [9.17, 15) is 5.26 Å². The van der Waals surface area contributed by atoms with Crippen molar-refractivity contribution in [3.63, 3.8) is 0 Å². The summed E-state index contributed by atoms with van der Waals surface area (Å²) in [7, 11) is 0. The Hall–Kier alpha value is -1.60. The van der Waals surface area contributed by atoms with Crippen molar-refractivity contribution in [3.8, 4) is 6.07 Å². The van der Waals surface area contributed by atoms with Crippen LogP contribution in [0.15, 0.2) is 6.07 Å². The molecule has 1 saturated heterocycles. The summed E-state index contributed by atoms with van der Waals surface area (Å²) in [5.41, 5.74) is 3.15. The maximum Gasteiger partial charge on any atom is 0.144 e. The molecule has 1 aliphatic heterocycles. The van der Waals surface area contributed by atoms with Gasteiger partial charge in [0.05, 0.1) is 5.56 Å². The lowest BCUT2D eigenvalue weighted by Gasteiger charge is -2.23.